The molecule has 3 fully saturated rings. The van der Waals surface area contributed by atoms with Crippen molar-refractivity contribution >= 4 is 21.4 Å². The minimum absolute atomic E-state index is 0.0646. The maximum Gasteiger partial charge on any atom is 0.217 e. The van der Waals surface area contributed by atoms with Crippen LogP contribution in [0.15, 0.2) is 12.1 Å². The minimum Gasteiger partial charge on any atom is -0.294 e. The van der Waals surface area contributed by atoms with Crippen molar-refractivity contribution in [2.75, 3.05) is 13.1 Å². The second-order valence-electron chi connectivity index (χ2n) is 6.55. The highest BCUT2D eigenvalue weighted by Crippen LogP contribution is 2.40. The van der Waals surface area contributed by atoms with Crippen LogP contribution in [0, 0.1) is 6.92 Å². The number of hydrogen-bond donors (Lipinski definition) is 0. The SMILES string of the molecule is Cc1ccc(CN2CC[C@H]3[C@H]2CCN3S(=O)(=O)C2CC2)s1. The predicted molar refractivity (Wildman–Crippen MR) is 84.9 cm³/mol. The molecule has 4 rings (SSSR count). The molecule has 0 unspecified atom stereocenters. The smallest absolute Gasteiger partial charge is 0.217 e. The number of aryl methyl sites for hydroxylation is 1. The van der Waals surface area contributed by atoms with Crippen LogP contribution in [0.5, 0.6) is 0 Å². The number of hydrogen-bond acceptors (Lipinski definition) is 4. The lowest BCUT2D eigenvalue weighted by molar-refractivity contribution is 0.242. The second-order valence-corrected chi connectivity index (χ2v) is 10.1. The van der Waals surface area contributed by atoms with E-state index in [-0.39, 0.29) is 11.3 Å². The van der Waals surface area contributed by atoms with Crippen molar-refractivity contribution in [2.45, 2.75) is 56.5 Å². The molecule has 1 aromatic heterocycles. The molecule has 3 aliphatic rings. The number of nitrogens with zero attached hydrogens (tertiary/aromatic N) is 2. The molecule has 21 heavy (non-hydrogen) atoms. The van der Waals surface area contributed by atoms with Crippen LogP contribution in [0.4, 0.5) is 0 Å². The van der Waals surface area contributed by atoms with Gasteiger partial charge in [-0.1, -0.05) is 0 Å². The summed E-state index contributed by atoms with van der Waals surface area (Å²) in [7, 11) is -3.00. The number of fused-ring (bicyclic) bond motifs is 1. The summed E-state index contributed by atoms with van der Waals surface area (Å²) in [6.07, 6.45) is 3.74. The molecule has 1 aromatic rings. The molecular formula is C15H22N2O2S2. The summed E-state index contributed by atoms with van der Waals surface area (Å²) in [4.78, 5) is 5.25. The Morgan fingerprint density at radius 3 is 2.57 bits per heavy atom. The van der Waals surface area contributed by atoms with Gasteiger partial charge < -0.3 is 0 Å². The fourth-order valence-electron chi connectivity index (χ4n) is 3.88. The third-order valence-corrected chi connectivity index (χ3v) is 8.47. The normalized spacial score (nSPS) is 30.9. The van der Waals surface area contributed by atoms with Crippen molar-refractivity contribution in [2.24, 2.45) is 0 Å². The van der Waals surface area contributed by atoms with Gasteiger partial charge in [0.2, 0.25) is 10.0 Å². The standard InChI is InChI=1S/C15H22N2O2S2/c1-11-2-3-12(20-11)10-16-8-6-15-14(16)7-9-17(15)21(18,19)13-4-5-13/h2-3,13-15H,4-10H2,1H3/t14-,15+/m1/s1. The first kappa shape index (κ1) is 14.2. The van der Waals surface area contributed by atoms with Crippen LogP contribution >= 0.6 is 11.3 Å². The Morgan fingerprint density at radius 2 is 1.90 bits per heavy atom. The second kappa shape index (κ2) is 5.05. The molecular weight excluding hydrogens is 304 g/mol. The molecule has 6 heteroatoms. The average Bonchev–Trinajstić information content (AvgIpc) is 2.93. The number of likely N-dealkylation sites (tertiary alicyclic amines) is 1. The molecule has 0 N–H and O–H groups in total. The Hall–Kier alpha value is -0.430. The zero-order valence-electron chi connectivity index (χ0n) is 12.4. The van der Waals surface area contributed by atoms with E-state index in [0.717, 1.165) is 45.3 Å². The molecule has 2 aliphatic heterocycles. The highest BCUT2D eigenvalue weighted by molar-refractivity contribution is 7.90. The van der Waals surface area contributed by atoms with Gasteiger partial charge in [-0.25, -0.2) is 8.42 Å². The summed E-state index contributed by atoms with van der Waals surface area (Å²) in [6, 6.07) is 5.05. The highest BCUT2D eigenvalue weighted by atomic mass is 32.2. The third kappa shape index (κ3) is 2.46. The van der Waals surface area contributed by atoms with Gasteiger partial charge in [0.05, 0.1) is 5.25 Å². The van der Waals surface area contributed by atoms with Gasteiger partial charge >= 0.3 is 0 Å². The molecule has 0 aromatic carbocycles. The van der Waals surface area contributed by atoms with Gasteiger partial charge in [-0.05, 0) is 44.7 Å². The number of rotatable bonds is 4. The molecule has 0 spiro atoms. The number of sulfonamides is 1. The summed E-state index contributed by atoms with van der Waals surface area (Å²) in [6.45, 7) is 4.88. The summed E-state index contributed by atoms with van der Waals surface area (Å²) < 4.78 is 26.9. The van der Waals surface area contributed by atoms with Gasteiger partial charge in [0.15, 0.2) is 0 Å². The summed E-state index contributed by atoms with van der Waals surface area (Å²) in [5.41, 5.74) is 0. The van der Waals surface area contributed by atoms with E-state index >= 15 is 0 Å². The maximum absolute atomic E-state index is 12.5. The van der Waals surface area contributed by atoms with E-state index < -0.39 is 10.0 Å². The van der Waals surface area contributed by atoms with Crippen LogP contribution in [0.1, 0.15) is 35.4 Å². The van der Waals surface area contributed by atoms with Crippen molar-refractivity contribution in [3.05, 3.63) is 21.9 Å². The Labute approximate surface area is 130 Å². The molecule has 0 radical (unpaired) electrons. The van der Waals surface area contributed by atoms with Crippen molar-refractivity contribution in [1.82, 2.24) is 9.21 Å². The predicted octanol–water partition coefficient (Wildman–Crippen LogP) is 2.20. The van der Waals surface area contributed by atoms with Crippen LogP contribution in [0.2, 0.25) is 0 Å². The third-order valence-electron chi connectivity index (χ3n) is 5.07. The van der Waals surface area contributed by atoms with E-state index in [1.54, 1.807) is 0 Å². The molecule has 1 aliphatic carbocycles. The Balaban J connectivity index is 1.48. The Kier molecular flexibility index (Phi) is 3.41. The van der Waals surface area contributed by atoms with Crippen LogP contribution in [-0.4, -0.2) is 48.0 Å². The first-order valence-electron chi connectivity index (χ1n) is 7.86. The number of thiophene rings is 1. The van der Waals surface area contributed by atoms with E-state index in [2.05, 4.69) is 24.0 Å². The zero-order chi connectivity index (χ0) is 14.6. The van der Waals surface area contributed by atoms with E-state index in [0.29, 0.717) is 6.04 Å². The van der Waals surface area contributed by atoms with E-state index in [1.165, 1.54) is 9.75 Å². The van der Waals surface area contributed by atoms with Crippen molar-refractivity contribution in [3.63, 3.8) is 0 Å². The lowest BCUT2D eigenvalue weighted by Crippen LogP contribution is -2.40. The van der Waals surface area contributed by atoms with E-state index in [1.807, 2.05) is 15.6 Å². The van der Waals surface area contributed by atoms with Gasteiger partial charge in [-0.2, -0.15) is 4.31 Å². The average molecular weight is 326 g/mol. The van der Waals surface area contributed by atoms with Crippen LogP contribution in [-0.2, 0) is 16.6 Å². The molecule has 2 saturated heterocycles. The van der Waals surface area contributed by atoms with Gasteiger partial charge in [0.25, 0.3) is 0 Å². The van der Waals surface area contributed by atoms with Gasteiger partial charge in [-0.15, -0.1) is 11.3 Å². The fraction of sp³-hybridized carbons (Fsp3) is 0.733. The fourth-order valence-corrected chi connectivity index (χ4v) is 6.89. The molecule has 3 heterocycles. The largest absolute Gasteiger partial charge is 0.294 e. The lowest BCUT2D eigenvalue weighted by atomic mass is 10.1. The van der Waals surface area contributed by atoms with Crippen molar-refractivity contribution in [1.29, 1.82) is 0 Å². The van der Waals surface area contributed by atoms with Gasteiger partial charge in [-0.3, -0.25) is 4.90 Å². The molecule has 2 atom stereocenters. The molecule has 4 nitrogen and oxygen atoms in total. The van der Waals surface area contributed by atoms with Crippen LogP contribution in [0.3, 0.4) is 0 Å². The van der Waals surface area contributed by atoms with Crippen LogP contribution < -0.4 is 0 Å². The van der Waals surface area contributed by atoms with Crippen LogP contribution in [0.25, 0.3) is 0 Å². The summed E-state index contributed by atoms with van der Waals surface area (Å²) in [5.74, 6) is 0. The van der Waals surface area contributed by atoms with Gasteiger partial charge in [0.1, 0.15) is 0 Å². The van der Waals surface area contributed by atoms with Gasteiger partial charge in [0, 0.05) is 41.5 Å². The molecule has 0 amide bonds. The molecule has 0 bridgehead atoms. The maximum atomic E-state index is 12.5. The Morgan fingerprint density at radius 1 is 1.14 bits per heavy atom. The minimum atomic E-state index is -3.00. The zero-order valence-corrected chi connectivity index (χ0v) is 14.0. The first-order valence-corrected chi connectivity index (χ1v) is 10.2. The van der Waals surface area contributed by atoms with Crippen molar-refractivity contribution in [3.8, 4) is 0 Å². The molecule has 116 valence electrons. The van der Waals surface area contributed by atoms with E-state index in [4.69, 9.17) is 0 Å². The lowest BCUT2D eigenvalue weighted by Gasteiger charge is -2.25. The summed E-state index contributed by atoms with van der Waals surface area (Å²) in [5, 5.41) is -0.0646. The van der Waals surface area contributed by atoms with E-state index in [9.17, 15) is 8.42 Å². The molecule has 1 saturated carbocycles. The monoisotopic (exact) mass is 326 g/mol. The first-order chi connectivity index (χ1) is 10.1. The van der Waals surface area contributed by atoms with Crippen molar-refractivity contribution < 1.29 is 8.42 Å². The topological polar surface area (TPSA) is 40.6 Å². The summed E-state index contributed by atoms with van der Waals surface area (Å²) >= 11 is 1.86. The highest BCUT2D eigenvalue weighted by Gasteiger charge is 2.50. The Bertz CT molecular complexity index is 636. The quantitative estimate of drug-likeness (QED) is 0.852.